The number of hydrogen-bond acceptors (Lipinski definition) is 4. The number of carbonyl (C=O) groups excluding carboxylic acids is 1. The summed E-state index contributed by atoms with van der Waals surface area (Å²) in [5, 5.41) is 1.23. The van der Waals surface area contributed by atoms with E-state index in [0.29, 0.717) is 11.1 Å². The minimum absolute atomic E-state index is 0.136. The molecule has 0 bridgehead atoms. The van der Waals surface area contributed by atoms with Crippen molar-refractivity contribution in [3.05, 3.63) is 76.5 Å². The lowest BCUT2D eigenvalue weighted by Crippen LogP contribution is -2.46. The van der Waals surface area contributed by atoms with Crippen molar-refractivity contribution in [3.8, 4) is 0 Å². The van der Waals surface area contributed by atoms with E-state index in [-0.39, 0.29) is 17.5 Å². The van der Waals surface area contributed by atoms with Gasteiger partial charge in [-0.3, -0.25) is 14.6 Å². The topological polar surface area (TPSA) is 69.3 Å². The molecule has 1 aliphatic rings. The first-order valence-electron chi connectivity index (χ1n) is 10.1. The van der Waals surface area contributed by atoms with Crippen molar-refractivity contribution in [2.75, 3.05) is 26.7 Å². The third-order valence-electron chi connectivity index (χ3n) is 5.86. The second-order valence-corrected chi connectivity index (χ2v) is 7.70. The van der Waals surface area contributed by atoms with Gasteiger partial charge < -0.3 is 14.8 Å². The van der Waals surface area contributed by atoms with Crippen molar-refractivity contribution in [1.29, 1.82) is 0 Å². The Labute approximate surface area is 170 Å². The van der Waals surface area contributed by atoms with Crippen LogP contribution in [0.25, 0.3) is 10.8 Å². The van der Waals surface area contributed by atoms with Gasteiger partial charge >= 0.3 is 0 Å². The largest absolute Gasteiger partial charge is 0.337 e. The second kappa shape index (κ2) is 8.57. The number of likely N-dealkylation sites (tertiary alicyclic amines) is 1. The van der Waals surface area contributed by atoms with E-state index in [1.807, 2.05) is 13.1 Å². The molecule has 29 heavy (non-hydrogen) atoms. The highest BCUT2D eigenvalue weighted by atomic mass is 16.2. The van der Waals surface area contributed by atoms with E-state index < -0.39 is 0 Å². The van der Waals surface area contributed by atoms with Crippen molar-refractivity contribution in [2.45, 2.75) is 25.3 Å². The molecule has 1 amide bonds. The molecular weight excluding hydrogens is 364 g/mol. The minimum atomic E-state index is -0.275. The monoisotopic (exact) mass is 390 g/mol. The van der Waals surface area contributed by atoms with E-state index in [9.17, 15) is 9.59 Å². The third-order valence-corrected chi connectivity index (χ3v) is 5.86. The Morgan fingerprint density at radius 3 is 2.72 bits per heavy atom. The highest BCUT2D eigenvalue weighted by Gasteiger charge is 2.26. The number of carbonyl (C=O) groups is 1. The van der Waals surface area contributed by atoms with Crippen molar-refractivity contribution in [1.82, 2.24) is 19.8 Å². The Morgan fingerprint density at radius 1 is 1.21 bits per heavy atom. The van der Waals surface area contributed by atoms with Gasteiger partial charge in [0.1, 0.15) is 5.69 Å². The van der Waals surface area contributed by atoms with Crippen LogP contribution < -0.4 is 5.56 Å². The number of piperidine rings is 1. The van der Waals surface area contributed by atoms with Crippen LogP contribution in [0.1, 0.15) is 28.9 Å². The van der Waals surface area contributed by atoms with Gasteiger partial charge in [0.25, 0.3) is 11.5 Å². The smallest absolute Gasteiger partial charge is 0.270 e. The van der Waals surface area contributed by atoms with Crippen LogP contribution in [0.4, 0.5) is 0 Å². The first kappa shape index (κ1) is 19.3. The molecule has 0 spiro atoms. The number of pyridine rings is 2. The van der Waals surface area contributed by atoms with Crippen LogP contribution in [-0.2, 0) is 6.42 Å². The number of H-pyrrole nitrogens is 1. The van der Waals surface area contributed by atoms with E-state index in [2.05, 4.69) is 39.1 Å². The number of nitrogens with one attached hydrogen (secondary N) is 1. The summed E-state index contributed by atoms with van der Waals surface area (Å²) < 4.78 is 0. The molecule has 0 saturated carbocycles. The van der Waals surface area contributed by atoms with Crippen LogP contribution in [0.5, 0.6) is 0 Å². The predicted molar refractivity (Wildman–Crippen MR) is 114 cm³/mol. The quantitative estimate of drug-likeness (QED) is 0.727. The minimum Gasteiger partial charge on any atom is -0.337 e. The number of rotatable bonds is 5. The van der Waals surface area contributed by atoms with Crippen LogP contribution in [0.2, 0.25) is 0 Å². The molecule has 150 valence electrons. The number of nitrogens with zero attached hydrogens (tertiary/aromatic N) is 3. The molecule has 1 saturated heterocycles. The Kier molecular flexibility index (Phi) is 5.71. The summed E-state index contributed by atoms with van der Waals surface area (Å²) in [6, 6.07) is 14.2. The maximum absolute atomic E-state index is 13.0. The van der Waals surface area contributed by atoms with Crippen LogP contribution in [0.3, 0.4) is 0 Å². The fraction of sp³-hybridized carbons (Fsp3) is 0.348. The highest BCUT2D eigenvalue weighted by molar-refractivity contribution is 5.96. The zero-order chi connectivity index (χ0) is 20.2. The lowest BCUT2D eigenvalue weighted by molar-refractivity contribution is 0.0638. The number of aromatic nitrogens is 2. The van der Waals surface area contributed by atoms with Gasteiger partial charge in [0.2, 0.25) is 0 Å². The molecular formula is C23H26N4O2. The van der Waals surface area contributed by atoms with E-state index >= 15 is 0 Å². The van der Waals surface area contributed by atoms with E-state index in [0.717, 1.165) is 44.3 Å². The van der Waals surface area contributed by atoms with Gasteiger partial charge in [-0.05, 0) is 42.3 Å². The fourth-order valence-electron chi connectivity index (χ4n) is 4.04. The summed E-state index contributed by atoms with van der Waals surface area (Å²) in [5.41, 5.74) is 1.42. The predicted octanol–water partition coefficient (Wildman–Crippen LogP) is 2.70. The van der Waals surface area contributed by atoms with Gasteiger partial charge in [0, 0.05) is 45.1 Å². The first-order valence-corrected chi connectivity index (χ1v) is 10.1. The maximum atomic E-state index is 13.0. The molecule has 0 radical (unpaired) electrons. The first-order chi connectivity index (χ1) is 14.1. The Bertz CT molecular complexity index is 1040. The van der Waals surface area contributed by atoms with Gasteiger partial charge in [-0.1, -0.05) is 30.3 Å². The van der Waals surface area contributed by atoms with Gasteiger partial charge in [-0.15, -0.1) is 0 Å². The lowest BCUT2D eigenvalue weighted by atomic mass is 10.0. The number of fused-ring (bicyclic) bond motifs is 1. The van der Waals surface area contributed by atoms with E-state index in [1.165, 1.54) is 11.8 Å². The molecule has 6 nitrogen and oxygen atoms in total. The van der Waals surface area contributed by atoms with Gasteiger partial charge in [0.05, 0.1) is 5.39 Å². The number of aromatic amines is 1. The molecule has 4 rings (SSSR count). The average Bonchev–Trinajstić information content (AvgIpc) is 2.78. The molecule has 6 heteroatoms. The molecule has 0 atom stereocenters. The normalized spacial score (nSPS) is 15.5. The molecule has 3 heterocycles. The Hall–Kier alpha value is -2.99. The average molecular weight is 390 g/mol. The molecule has 1 aromatic carbocycles. The van der Waals surface area contributed by atoms with Crippen LogP contribution in [-0.4, -0.2) is 58.4 Å². The zero-order valence-electron chi connectivity index (χ0n) is 16.7. The van der Waals surface area contributed by atoms with Crippen LogP contribution in [0, 0.1) is 0 Å². The van der Waals surface area contributed by atoms with Gasteiger partial charge in [-0.25, -0.2) is 0 Å². The third kappa shape index (κ3) is 4.38. The van der Waals surface area contributed by atoms with Crippen molar-refractivity contribution >= 4 is 16.7 Å². The highest BCUT2D eigenvalue weighted by Crippen LogP contribution is 2.18. The molecule has 2 aromatic heterocycles. The van der Waals surface area contributed by atoms with Crippen LogP contribution >= 0.6 is 0 Å². The number of amides is 1. The van der Waals surface area contributed by atoms with E-state index in [1.54, 1.807) is 23.2 Å². The molecule has 3 aromatic rings. The summed E-state index contributed by atoms with van der Waals surface area (Å²) in [4.78, 5) is 36.2. The lowest BCUT2D eigenvalue weighted by Gasteiger charge is -2.36. The maximum Gasteiger partial charge on any atom is 0.270 e. The van der Waals surface area contributed by atoms with E-state index in [4.69, 9.17) is 0 Å². The summed E-state index contributed by atoms with van der Waals surface area (Å²) >= 11 is 0. The van der Waals surface area contributed by atoms with Gasteiger partial charge in [-0.2, -0.15) is 0 Å². The molecule has 1 N–H and O–H groups in total. The Morgan fingerprint density at radius 2 is 1.97 bits per heavy atom. The van der Waals surface area contributed by atoms with Crippen molar-refractivity contribution < 1.29 is 4.79 Å². The standard InChI is InChI=1S/C23H26N4O2/c1-26(23(29)21-15-18-7-11-24-16-20(18)22(28)25-21)19-9-13-27(14-10-19)12-8-17-5-3-2-4-6-17/h2-7,11,15-16,19H,8-10,12-14H2,1H3,(H,25,28). The van der Waals surface area contributed by atoms with Crippen molar-refractivity contribution in [2.24, 2.45) is 0 Å². The number of benzene rings is 1. The molecule has 0 aliphatic carbocycles. The second-order valence-electron chi connectivity index (χ2n) is 7.70. The summed E-state index contributed by atoms with van der Waals surface area (Å²) in [6.45, 7) is 3.00. The summed E-state index contributed by atoms with van der Waals surface area (Å²) in [7, 11) is 1.84. The summed E-state index contributed by atoms with van der Waals surface area (Å²) in [6.07, 6.45) is 6.09. The molecule has 0 unspecified atom stereocenters. The SMILES string of the molecule is CN(C(=O)c1cc2ccncc2c(=O)[nH]1)C1CCN(CCc2ccccc2)CC1. The van der Waals surface area contributed by atoms with Crippen LogP contribution in [0.15, 0.2) is 59.7 Å². The van der Waals surface area contributed by atoms with Gasteiger partial charge in [0.15, 0.2) is 0 Å². The molecule has 1 fully saturated rings. The molecule has 1 aliphatic heterocycles. The van der Waals surface area contributed by atoms with Crippen molar-refractivity contribution in [3.63, 3.8) is 0 Å². The fourth-order valence-corrected chi connectivity index (χ4v) is 4.04. The summed E-state index contributed by atoms with van der Waals surface area (Å²) in [5.74, 6) is -0.136. The zero-order valence-corrected chi connectivity index (χ0v) is 16.7. The number of hydrogen-bond donors (Lipinski definition) is 1. The Balaban J connectivity index is 1.36.